The highest BCUT2D eigenvalue weighted by molar-refractivity contribution is 5.81. The average Bonchev–Trinajstić information content (AvgIpc) is 3.22. The molecule has 3 rings (SSSR count). The van der Waals surface area contributed by atoms with Crippen LogP contribution in [-0.4, -0.2) is 23.9 Å². The summed E-state index contributed by atoms with van der Waals surface area (Å²) in [5, 5.41) is 0. The molecule has 3 nitrogen and oxygen atoms in total. The molecule has 1 saturated carbocycles. The van der Waals surface area contributed by atoms with Crippen LogP contribution in [0.4, 0.5) is 19.0 Å². The predicted molar refractivity (Wildman–Crippen MR) is 67.7 cm³/mol. The minimum atomic E-state index is -4.35. The topological polar surface area (TPSA) is 33.2 Å². The third-order valence-corrected chi connectivity index (χ3v) is 3.86. The van der Waals surface area contributed by atoms with Crippen molar-refractivity contribution in [3.05, 3.63) is 23.4 Å². The monoisotopic (exact) mass is 284 g/mol. The maximum absolute atomic E-state index is 12.8. The van der Waals surface area contributed by atoms with E-state index < -0.39 is 11.7 Å². The predicted octanol–water partition coefficient (Wildman–Crippen LogP) is 3.15. The Balaban J connectivity index is 1.92. The van der Waals surface area contributed by atoms with Gasteiger partial charge in [-0.15, -0.1) is 0 Å². The number of pyridine rings is 1. The van der Waals surface area contributed by atoms with Crippen molar-refractivity contribution in [1.82, 2.24) is 4.98 Å². The van der Waals surface area contributed by atoms with Crippen LogP contribution in [-0.2, 0) is 11.0 Å². The van der Waals surface area contributed by atoms with Crippen molar-refractivity contribution in [3.63, 3.8) is 0 Å². The number of carbonyl (C=O) groups excluding carboxylic acids is 1. The molecular weight excluding hydrogens is 269 g/mol. The number of carbonyl (C=O) groups is 1. The number of Topliss-reactive ketones (excluding diaryl/α,β-unsaturated/α-hetero) is 1. The average molecular weight is 284 g/mol. The van der Waals surface area contributed by atoms with Gasteiger partial charge in [0.2, 0.25) is 0 Å². The van der Waals surface area contributed by atoms with Gasteiger partial charge in [-0.3, -0.25) is 4.79 Å². The summed E-state index contributed by atoms with van der Waals surface area (Å²) >= 11 is 0. The van der Waals surface area contributed by atoms with Crippen LogP contribution in [0.5, 0.6) is 0 Å². The van der Waals surface area contributed by atoms with Crippen LogP contribution in [0.3, 0.4) is 0 Å². The minimum Gasteiger partial charge on any atom is -0.356 e. The molecule has 1 aromatic heterocycles. The number of aromatic nitrogens is 1. The largest absolute Gasteiger partial charge is 0.417 e. The fourth-order valence-corrected chi connectivity index (χ4v) is 2.56. The van der Waals surface area contributed by atoms with Crippen LogP contribution in [0.15, 0.2) is 12.3 Å². The first-order chi connectivity index (χ1) is 9.45. The number of anilines is 1. The van der Waals surface area contributed by atoms with Crippen LogP contribution in [0.25, 0.3) is 0 Å². The summed E-state index contributed by atoms with van der Waals surface area (Å²) in [6, 6.07) is 1.23. The summed E-state index contributed by atoms with van der Waals surface area (Å²) in [6.07, 6.45) is -0.712. The Bertz CT molecular complexity index is 528. The number of halogens is 3. The second kappa shape index (κ2) is 4.75. The van der Waals surface area contributed by atoms with Crippen molar-refractivity contribution >= 4 is 11.6 Å². The quantitative estimate of drug-likeness (QED) is 0.836. The molecule has 2 fully saturated rings. The van der Waals surface area contributed by atoms with Gasteiger partial charge in [0.1, 0.15) is 11.6 Å². The van der Waals surface area contributed by atoms with Gasteiger partial charge in [-0.2, -0.15) is 13.2 Å². The second-order valence-corrected chi connectivity index (χ2v) is 5.43. The molecule has 0 radical (unpaired) electrons. The first-order valence-electron chi connectivity index (χ1n) is 6.79. The zero-order chi connectivity index (χ0) is 14.3. The van der Waals surface area contributed by atoms with Gasteiger partial charge in [0.05, 0.1) is 5.56 Å². The van der Waals surface area contributed by atoms with E-state index >= 15 is 0 Å². The number of piperidine rings is 1. The third-order valence-electron chi connectivity index (χ3n) is 3.86. The molecule has 108 valence electrons. The molecule has 2 heterocycles. The fraction of sp³-hybridized carbons (Fsp3) is 0.571. The van der Waals surface area contributed by atoms with E-state index in [4.69, 9.17) is 0 Å². The van der Waals surface area contributed by atoms with E-state index in [0.717, 1.165) is 19.0 Å². The van der Waals surface area contributed by atoms with Crippen LogP contribution in [0.1, 0.15) is 42.7 Å². The standard InChI is InChI=1S/C14H15F3N2O/c15-14(16,17)10-7-12(9-1-2-9)13(18-8-10)19-5-3-11(20)4-6-19/h7-9H,1-6H2. The molecule has 20 heavy (non-hydrogen) atoms. The fourth-order valence-electron chi connectivity index (χ4n) is 2.56. The molecule has 0 amide bonds. The van der Waals surface area contributed by atoms with Gasteiger partial charge in [0, 0.05) is 32.1 Å². The summed E-state index contributed by atoms with van der Waals surface area (Å²) in [7, 11) is 0. The van der Waals surface area contributed by atoms with E-state index in [9.17, 15) is 18.0 Å². The first kappa shape index (κ1) is 13.4. The Hall–Kier alpha value is -1.59. The van der Waals surface area contributed by atoms with E-state index in [1.54, 1.807) is 0 Å². The Morgan fingerprint density at radius 3 is 2.40 bits per heavy atom. The van der Waals surface area contributed by atoms with Crippen LogP contribution in [0.2, 0.25) is 0 Å². The van der Waals surface area contributed by atoms with Crippen LogP contribution in [0, 0.1) is 0 Å². The second-order valence-electron chi connectivity index (χ2n) is 5.43. The number of hydrogen-bond donors (Lipinski definition) is 0. The molecule has 0 bridgehead atoms. The van der Waals surface area contributed by atoms with E-state index in [2.05, 4.69) is 4.98 Å². The van der Waals surface area contributed by atoms with Crippen LogP contribution < -0.4 is 4.90 Å². The van der Waals surface area contributed by atoms with Gasteiger partial charge in [-0.05, 0) is 30.4 Å². The molecule has 1 aliphatic heterocycles. The molecule has 0 atom stereocenters. The van der Waals surface area contributed by atoms with Crippen molar-refractivity contribution in [2.24, 2.45) is 0 Å². The highest BCUT2D eigenvalue weighted by atomic mass is 19.4. The lowest BCUT2D eigenvalue weighted by Crippen LogP contribution is -2.35. The van der Waals surface area contributed by atoms with Gasteiger partial charge in [0.15, 0.2) is 0 Å². The van der Waals surface area contributed by atoms with Gasteiger partial charge >= 0.3 is 6.18 Å². The summed E-state index contributed by atoms with van der Waals surface area (Å²) in [4.78, 5) is 17.3. The van der Waals surface area contributed by atoms with Crippen LogP contribution >= 0.6 is 0 Å². The van der Waals surface area contributed by atoms with E-state index in [1.807, 2.05) is 4.90 Å². The Labute approximate surface area is 114 Å². The Morgan fingerprint density at radius 2 is 1.85 bits per heavy atom. The molecule has 1 saturated heterocycles. The zero-order valence-electron chi connectivity index (χ0n) is 10.9. The van der Waals surface area contributed by atoms with Crippen molar-refractivity contribution < 1.29 is 18.0 Å². The highest BCUT2D eigenvalue weighted by Crippen LogP contribution is 2.45. The number of rotatable bonds is 2. The van der Waals surface area contributed by atoms with Crippen molar-refractivity contribution in [2.75, 3.05) is 18.0 Å². The third kappa shape index (κ3) is 2.64. The van der Waals surface area contributed by atoms with Crippen molar-refractivity contribution in [1.29, 1.82) is 0 Å². The summed E-state index contributed by atoms with van der Waals surface area (Å²) < 4.78 is 38.3. The van der Waals surface area contributed by atoms with Gasteiger partial charge in [-0.25, -0.2) is 4.98 Å². The normalized spacial score (nSPS) is 20.4. The Morgan fingerprint density at radius 1 is 1.20 bits per heavy atom. The smallest absolute Gasteiger partial charge is 0.356 e. The summed E-state index contributed by atoms with van der Waals surface area (Å²) in [5.74, 6) is 1.03. The lowest BCUT2D eigenvalue weighted by molar-refractivity contribution is -0.137. The van der Waals surface area contributed by atoms with E-state index in [0.29, 0.717) is 37.3 Å². The van der Waals surface area contributed by atoms with Gasteiger partial charge in [-0.1, -0.05) is 0 Å². The molecule has 1 aromatic rings. The van der Waals surface area contributed by atoms with E-state index in [-0.39, 0.29) is 11.7 Å². The maximum atomic E-state index is 12.8. The molecule has 0 aromatic carbocycles. The van der Waals surface area contributed by atoms with E-state index in [1.165, 1.54) is 6.07 Å². The van der Waals surface area contributed by atoms with Gasteiger partial charge in [0.25, 0.3) is 0 Å². The SMILES string of the molecule is O=C1CCN(c2ncc(C(F)(F)F)cc2C2CC2)CC1. The number of hydrogen-bond acceptors (Lipinski definition) is 3. The zero-order valence-corrected chi connectivity index (χ0v) is 10.9. The first-order valence-corrected chi connectivity index (χ1v) is 6.79. The summed E-state index contributed by atoms with van der Waals surface area (Å²) in [5.41, 5.74) is 0.00501. The lowest BCUT2D eigenvalue weighted by Gasteiger charge is -2.29. The van der Waals surface area contributed by atoms with Crippen molar-refractivity contribution in [2.45, 2.75) is 37.8 Å². The molecular formula is C14H15F3N2O. The Kier molecular flexibility index (Phi) is 3.18. The van der Waals surface area contributed by atoms with Gasteiger partial charge < -0.3 is 4.90 Å². The molecule has 1 aliphatic carbocycles. The maximum Gasteiger partial charge on any atom is 0.417 e. The summed E-state index contributed by atoms with van der Waals surface area (Å²) in [6.45, 7) is 1.10. The molecule has 2 aliphatic rings. The van der Waals surface area contributed by atoms with Crippen molar-refractivity contribution in [3.8, 4) is 0 Å². The highest BCUT2D eigenvalue weighted by Gasteiger charge is 2.36. The molecule has 0 N–H and O–H groups in total. The number of ketones is 1. The lowest BCUT2D eigenvalue weighted by atomic mass is 10.1. The number of nitrogens with zero attached hydrogens (tertiary/aromatic N) is 2. The number of alkyl halides is 3. The molecule has 0 unspecified atom stereocenters. The minimum absolute atomic E-state index is 0.192. The molecule has 0 spiro atoms. The molecule has 6 heteroatoms.